The lowest BCUT2D eigenvalue weighted by atomic mass is 9.85. The number of rotatable bonds is 1. The summed E-state index contributed by atoms with van der Waals surface area (Å²) in [5, 5.41) is 0. The summed E-state index contributed by atoms with van der Waals surface area (Å²) < 4.78 is 0. The zero-order valence-electron chi connectivity index (χ0n) is 9.55. The van der Waals surface area contributed by atoms with Crippen molar-refractivity contribution in [1.29, 1.82) is 0 Å². The lowest BCUT2D eigenvalue weighted by Crippen LogP contribution is -2.43. The van der Waals surface area contributed by atoms with Gasteiger partial charge in [0.25, 0.3) is 0 Å². The highest BCUT2D eigenvalue weighted by Gasteiger charge is 2.41. The first-order valence-electron chi connectivity index (χ1n) is 5.80. The second-order valence-corrected chi connectivity index (χ2v) is 5.83. The van der Waals surface area contributed by atoms with E-state index in [2.05, 4.69) is 25.7 Å². The minimum absolute atomic E-state index is 0.251. The Bertz CT molecular complexity index is 237. The predicted molar refractivity (Wildman–Crippen MR) is 56.9 cm³/mol. The standard InChI is InChI=1S/C12H21NO/c1-12(2,3)10-5-4-8-13(10)11(14)9-6-7-9/h9-10H,4-8H2,1-3H3. The van der Waals surface area contributed by atoms with Crippen LogP contribution in [0.4, 0.5) is 0 Å². The van der Waals surface area contributed by atoms with Crippen LogP contribution < -0.4 is 0 Å². The van der Waals surface area contributed by atoms with Gasteiger partial charge in [0.05, 0.1) is 0 Å². The zero-order valence-corrected chi connectivity index (χ0v) is 9.55. The van der Waals surface area contributed by atoms with Crippen LogP contribution in [0.5, 0.6) is 0 Å². The normalized spacial score (nSPS) is 28.2. The summed E-state index contributed by atoms with van der Waals surface area (Å²) in [6, 6.07) is 0.482. The van der Waals surface area contributed by atoms with Crippen molar-refractivity contribution in [2.24, 2.45) is 11.3 Å². The molecule has 14 heavy (non-hydrogen) atoms. The topological polar surface area (TPSA) is 20.3 Å². The summed E-state index contributed by atoms with van der Waals surface area (Å²) in [7, 11) is 0. The average Bonchev–Trinajstić information content (AvgIpc) is 2.78. The van der Waals surface area contributed by atoms with Crippen molar-refractivity contribution in [2.75, 3.05) is 6.54 Å². The van der Waals surface area contributed by atoms with Crippen LogP contribution in [0.1, 0.15) is 46.5 Å². The fourth-order valence-corrected chi connectivity index (χ4v) is 2.50. The zero-order chi connectivity index (χ0) is 10.3. The van der Waals surface area contributed by atoms with Crippen molar-refractivity contribution in [2.45, 2.75) is 52.5 Å². The first kappa shape index (κ1) is 10.0. The van der Waals surface area contributed by atoms with Gasteiger partial charge in [0.15, 0.2) is 0 Å². The molecule has 0 bridgehead atoms. The number of carbonyl (C=O) groups excluding carboxylic acids is 1. The number of hydrogen-bond acceptors (Lipinski definition) is 1. The SMILES string of the molecule is CC(C)(C)C1CCCN1C(=O)C1CC1. The van der Waals surface area contributed by atoms with Crippen LogP contribution in [0.25, 0.3) is 0 Å². The molecule has 0 aromatic heterocycles. The molecule has 1 aliphatic heterocycles. The van der Waals surface area contributed by atoms with Gasteiger partial charge in [-0.2, -0.15) is 0 Å². The Morgan fingerprint density at radius 1 is 1.21 bits per heavy atom. The molecule has 1 atom stereocenters. The lowest BCUT2D eigenvalue weighted by molar-refractivity contribution is -0.135. The molecule has 1 amide bonds. The smallest absolute Gasteiger partial charge is 0.225 e. The van der Waals surface area contributed by atoms with E-state index in [1.165, 1.54) is 12.8 Å². The second-order valence-electron chi connectivity index (χ2n) is 5.83. The van der Waals surface area contributed by atoms with E-state index in [9.17, 15) is 4.79 Å². The van der Waals surface area contributed by atoms with Gasteiger partial charge in [0.1, 0.15) is 0 Å². The summed E-state index contributed by atoms with van der Waals surface area (Å²) in [5.41, 5.74) is 0.251. The van der Waals surface area contributed by atoms with Gasteiger partial charge in [0, 0.05) is 18.5 Å². The quantitative estimate of drug-likeness (QED) is 0.629. The van der Waals surface area contributed by atoms with E-state index in [0.717, 1.165) is 19.4 Å². The molecular weight excluding hydrogens is 174 g/mol. The van der Waals surface area contributed by atoms with Crippen molar-refractivity contribution >= 4 is 5.91 Å². The molecule has 1 saturated heterocycles. The Morgan fingerprint density at radius 3 is 2.36 bits per heavy atom. The highest BCUT2D eigenvalue weighted by Crippen LogP contribution is 2.38. The molecule has 0 radical (unpaired) electrons. The minimum Gasteiger partial charge on any atom is -0.339 e. The molecule has 80 valence electrons. The van der Waals surface area contributed by atoms with Crippen molar-refractivity contribution in [3.05, 3.63) is 0 Å². The molecule has 0 aromatic rings. The second kappa shape index (κ2) is 3.25. The van der Waals surface area contributed by atoms with Crippen LogP contribution in [0.2, 0.25) is 0 Å². The summed E-state index contributed by atoms with van der Waals surface area (Å²) in [6.45, 7) is 7.74. The summed E-state index contributed by atoms with van der Waals surface area (Å²) in [5.74, 6) is 0.820. The van der Waals surface area contributed by atoms with Crippen molar-refractivity contribution in [3.8, 4) is 0 Å². The van der Waals surface area contributed by atoms with Crippen molar-refractivity contribution < 1.29 is 4.79 Å². The van der Waals surface area contributed by atoms with Gasteiger partial charge in [-0.05, 0) is 31.1 Å². The molecule has 0 aromatic carbocycles. The first-order chi connectivity index (χ1) is 6.50. The monoisotopic (exact) mass is 195 g/mol. The Morgan fingerprint density at radius 2 is 1.86 bits per heavy atom. The minimum atomic E-state index is 0.251. The molecule has 2 heteroatoms. The van der Waals surface area contributed by atoms with Gasteiger partial charge >= 0.3 is 0 Å². The van der Waals surface area contributed by atoms with Crippen molar-refractivity contribution in [1.82, 2.24) is 4.90 Å². The van der Waals surface area contributed by atoms with Gasteiger partial charge < -0.3 is 4.90 Å². The van der Waals surface area contributed by atoms with Crippen LogP contribution >= 0.6 is 0 Å². The third-order valence-corrected chi connectivity index (χ3v) is 3.46. The van der Waals surface area contributed by atoms with Crippen LogP contribution in [0.3, 0.4) is 0 Å². The molecule has 2 rings (SSSR count). The Hall–Kier alpha value is -0.530. The Kier molecular flexibility index (Phi) is 2.32. The van der Waals surface area contributed by atoms with E-state index in [0.29, 0.717) is 17.9 Å². The fourth-order valence-electron chi connectivity index (χ4n) is 2.50. The molecule has 0 spiro atoms. The molecule has 2 nitrogen and oxygen atoms in total. The van der Waals surface area contributed by atoms with Crippen molar-refractivity contribution in [3.63, 3.8) is 0 Å². The number of likely N-dealkylation sites (tertiary alicyclic amines) is 1. The van der Waals surface area contributed by atoms with Crippen LogP contribution in [-0.4, -0.2) is 23.4 Å². The fraction of sp³-hybridized carbons (Fsp3) is 0.917. The van der Waals surface area contributed by atoms with Gasteiger partial charge in [-0.3, -0.25) is 4.79 Å². The maximum absolute atomic E-state index is 12.0. The van der Waals surface area contributed by atoms with Gasteiger partial charge in [-0.15, -0.1) is 0 Å². The highest BCUT2D eigenvalue weighted by atomic mass is 16.2. The Labute approximate surface area is 86.7 Å². The molecule has 2 fully saturated rings. The van der Waals surface area contributed by atoms with E-state index < -0.39 is 0 Å². The summed E-state index contributed by atoms with van der Waals surface area (Å²) >= 11 is 0. The Balaban J connectivity index is 2.06. The molecule has 0 N–H and O–H groups in total. The summed E-state index contributed by atoms with van der Waals surface area (Å²) in [4.78, 5) is 14.1. The van der Waals surface area contributed by atoms with Gasteiger partial charge in [-0.25, -0.2) is 0 Å². The van der Waals surface area contributed by atoms with Crippen LogP contribution in [0, 0.1) is 11.3 Å². The van der Waals surface area contributed by atoms with E-state index in [1.807, 2.05) is 0 Å². The molecule has 2 aliphatic rings. The number of carbonyl (C=O) groups is 1. The van der Waals surface area contributed by atoms with Gasteiger partial charge in [0.2, 0.25) is 5.91 Å². The molecule has 1 saturated carbocycles. The first-order valence-corrected chi connectivity index (χ1v) is 5.80. The van der Waals surface area contributed by atoms with Gasteiger partial charge in [-0.1, -0.05) is 20.8 Å². The number of nitrogens with zero attached hydrogens (tertiary/aromatic N) is 1. The molecular formula is C12H21NO. The molecule has 1 aliphatic carbocycles. The van der Waals surface area contributed by atoms with E-state index in [-0.39, 0.29) is 5.41 Å². The average molecular weight is 195 g/mol. The lowest BCUT2D eigenvalue weighted by Gasteiger charge is -2.35. The van der Waals surface area contributed by atoms with E-state index in [4.69, 9.17) is 0 Å². The molecule has 1 unspecified atom stereocenters. The van der Waals surface area contributed by atoms with E-state index in [1.54, 1.807) is 0 Å². The third-order valence-electron chi connectivity index (χ3n) is 3.46. The third kappa shape index (κ3) is 1.79. The van der Waals surface area contributed by atoms with Crippen LogP contribution in [-0.2, 0) is 4.79 Å². The largest absolute Gasteiger partial charge is 0.339 e. The number of hydrogen-bond donors (Lipinski definition) is 0. The van der Waals surface area contributed by atoms with Crippen LogP contribution in [0.15, 0.2) is 0 Å². The summed E-state index contributed by atoms with van der Waals surface area (Å²) in [6.07, 6.45) is 4.65. The highest BCUT2D eigenvalue weighted by molar-refractivity contribution is 5.81. The number of amides is 1. The van der Waals surface area contributed by atoms with E-state index >= 15 is 0 Å². The predicted octanol–water partition coefficient (Wildman–Crippen LogP) is 2.43. The maximum Gasteiger partial charge on any atom is 0.225 e. The maximum atomic E-state index is 12.0. The molecule has 1 heterocycles.